The minimum atomic E-state index is -1.12. The van der Waals surface area contributed by atoms with Crippen LogP contribution in [0, 0.1) is 0 Å². The van der Waals surface area contributed by atoms with Crippen molar-refractivity contribution in [3.05, 3.63) is 75.7 Å². The number of aromatic carboxylic acids is 1. The molecule has 0 aliphatic heterocycles. The Morgan fingerprint density at radius 2 is 1.73 bits per heavy atom. The van der Waals surface area contributed by atoms with Crippen LogP contribution in [0.15, 0.2) is 53.9 Å². The highest BCUT2D eigenvalue weighted by Gasteiger charge is 2.29. The minimum absolute atomic E-state index is 0.0620. The monoisotopic (exact) mass is 465 g/mol. The van der Waals surface area contributed by atoms with Crippen molar-refractivity contribution < 1.29 is 24.2 Å². The Kier molecular flexibility index (Phi) is 6.69. The summed E-state index contributed by atoms with van der Waals surface area (Å²) >= 11 is 1.15. The number of amides is 2. The number of rotatable bonds is 8. The van der Waals surface area contributed by atoms with Gasteiger partial charge in [0.25, 0.3) is 0 Å². The number of benzene rings is 2. The molecule has 1 aliphatic rings. The molecule has 0 bridgehead atoms. The summed E-state index contributed by atoms with van der Waals surface area (Å²) in [5.41, 5.74) is 4.44. The molecule has 8 nitrogen and oxygen atoms in total. The summed E-state index contributed by atoms with van der Waals surface area (Å²) in [6.45, 7) is 2.02. The molecule has 0 radical (unpaired) electrons. The lowest BCUT2D eigenvalue weighted by Gasteiger charge is -2.18. The molecule has 1 heterocycles. The van der Waals surface area contributed by atoms with Crippen LogP contribution in [0.1, 0.15) is 45.9 Å². The van der Waals surface area contributed by atoms with E-state index in [9.17, 15) is 14.4 Å². The van der Waals surface area contributed by atoms with Gasteiger partial charge in [-0.3, -0.25) is 4.79 Å². The van der Waals surface area contributed by atoms with Crippen molar-refractivity contribution in [3.8, 4) is 11.1 Å². The largest absolute Gasteiger partial charge is 0.476 e. The Balaban J connectivity index is 1.33. The molecule has 0 fully saturated rings. The maximum absolute atomic E-state index is 12.5. The SMILES string of the molecule is CC[C@H](NC(=O)OCC1c2ccccc2-c2ccccc21)C(=O)NCc1nc(C(=O)O)cs1. The third kappa shape index (κ3) is 4.88. The predicted molar refractivity (Wildman–Crippen MR) is 123 cm³/mol. The van der Waals surface area contributed by atoms with Crippen LogP contribution in [0.2, 0.25) is 0 Å². The number of thiazole rings is 1. The first-order valence-corrected chi connectivity index (χ1v) is 11.4. The third-order valence-corrected chi connectivity index (χ3v) is 6.39. The zero-order chi connectivity index (χ0) is 23.4. The van der Waals surface area contributed by atoms with E-state index in [2.05, 4.69) is 27.8 Å². The highest BCUT2D eigenvalue weighted by Crippen LogP contribution is 2.44. The summed E-state index contributed by atoms with van der Waals surface area (Å²) < 4.78 is 5.51. The van der Waals surface area contributed by atoms with Crippen molar-refractivity contribution in [3.63, 3.8) is 0 Å². The number of nitrogens with zero attached hydrogens (tertiary/aromatic N) is 1. The van der Waals surface area contributed by atoms with E-state index in [1.807, 2.05) is 36.4 Å². The van der Waals surface area contributed by atoms with Gasteiger partial charge in [-0.25, -0.2) is 14.6 Å². The lowest BCUT2D eigenvalue weighted by atomic mass is 9.98. The van der Waals surface area contributed by atoms with Gasteiger partial charge in [-0.05, 0) is 28.7 Å². The van der Waals surface area contributed by atoms with Gasteiger partial charge in [0.1, 0.15) is 17.7 Å². The molecule has 1 aromatic heterocycles. The van der Waals surface area contributed by atoms with Gasteiger partial charge in [0.05, 0.1) is 6.54 Å². The molecule has 0 saturated heterocycles. The van der Waals surface area contributed by atoms with Crippen LogP contribution >= 0.6 is 11.3 Å². The molecule has 3 aromatic rings. The minimum Gasteiger partial charge on any atom is -0.476 e. The summed E-state index contributed by atoms with van der Waals surface area (Å²) in [4.78, 5) is 39.8. The lowest BCUT2D eigenvalue weighted by molar-refractivity contribution is -0.123. The van der Waals surface area contributed by atoms with Crippen LogP contribution in [0.3, 0.4) is 0 Å². The van der Waals surface area contributed by atoms with Gasteiger partial charge in [-0.2, -0.15) is 0 Å². The van der Waals surface area contributed by atoms with Crippen molar-refractivity contribution in [2.24, 2.45) is 0 Å². The molecular weight excluding hydrogens is 442 g/mol. The van der Waals surface area contributed by atoms with Crippen molar-refractivity contribution in [2.45, 2.75) is 31.8 Å². The number of fused-ring (bicyclic) bond motifs is 3. The molecule has 3 N–H and O–H groups in total. The van der Waals surface area contributed by atoms with Gasteiger partial charge < -0.3 is 20.5 Å². The molecule has 0 saturated carbocycles. The summed E-state index contributed by atoms with van der Waals surface area (Å²) in [7, 11) is 0. The zero-order valence-corrected chi connectivity index (χ0v) is 18.7. The standard InChI is InChI=1S/C24H23N3O5S/c1-2-19(22(28)25-11-21-26-20(13-33-21)23(29)30)27-24(31)32-12-18-16-9-5-3-7-14(16)15-8-4-6-10-17(15)18/h3-10,13,18-19H,2,11-12H2,1H3,(H,25,28)(H,27,31)(H,29,30)/t19-/m0/s1. The average molecular weight is 466 g/mol. The van der Waals surface area contributed by atoms with Crippen LogP contribution < -0.4 is 10.6 Å². The van der Waals surface area contributed by atoms with Crippen molar-refractivity contribution >= 4 is 29.3 Å². The molecule has 1 aliphatic carbocycles. The van der Waals surface area contributed by atoms with Gasteiger partial charge in [-0.1, -0.05) is 55.5 Å². The normalized spacial score (nSPS) is 13.0. The molecule has 4 rings (SSSR count). The topological polar surface area (TPSA) is 118 Å². The summed E-state index contributed by atoms with van der Waals surface area (Å²) in [6.07, 6.45) is -0.296. The van der Waals surface area contributed by atoms with Crippen LogP contribution in [-0.2, 0) is 16.1 Å². The predicted octanol–water partition coefficient (Wildman–Crippen LogP) is 3.77. The fourth-order valence-electron chi connectivity index (χ4n) is 3.91. The van der Waals surface area contributed by atoms with E-state index in [0.29, 0.717) is 11.4 Å². The van der Waals surface area contributed by atoms with Gasteiger partial charge in [-0.15, -0.1) is 11.3 Å². The summed E-state index contributed by atoms with van der Waals surface area (Å²) in [6, 6.07) is 15.3. The van der Waals surface area contributed by atoms with Gasteiger partial charge in [0.15, 0.2) is 5.69 Å². The highest BCUT2D eigenvalue weighted by atomic mass is 32.1. The highest BCUT2D eigenvalue weighted by molar-refractivity contribution is 7.09. The second-order valence-electron chi connectivity index (χ2n) is 7.58. The molecule has 1 atom stereocenters. The molecule has 2 aromatic carbocycles. The molecule has 0 unspecified atom stereocenters. The van der Waals surface area contributed by atoms with Gasteiger partial charge >= 0.3 is 12.1 Å². The van der Waals surface area contributed by atoms with Crippen molar-refractivity contribution in [1.29, 1.82) is 0 Å². The van der Waals surface area contributed by atoms with Crippen LogP contribution in [0.4, 0.5) is 4.79 Å². The van der Waals surface area contributed by atoms with Crippen molar-refractivity contribution in [1.82, 2.24) is 15.6 Å². The first kappa shape index (κ1) is 22.5. The van der Waals surface area contributed by atoms with E-state index in [4.69, 9.17) is 9.84 Å². The van der Waals surface area contributed by atoms with E-state index in [1.54, 1.807) is 6.92 Å². The van der Waals surface area contributed by atoms with Crippen LogP contribution in [-0.4, -0.2) is 40.7 Å². The first-order chi connectivity index (χ1) is 16.0. The number of ether oxygens (including phenoxy) is 1. The number of carbonyl (C=O) groups excluding carboxylic acids is 2. The number of carboxylic acids is 1. The number of alkyl carbamates (subject to hydrolysis) is 1. The number of hydrogen-bond acceptors (Lipinski definition) is 6. The molecule has 2 amide bonds. The maximum Gasteiger partial charge on any atom is 0.407 e. The fraction of sp³-hybridized carbons (Fsp3) is 0.250. The fourth-order valence-corrected chi connectivity index (χ4v) is 4.62. The second-order valence-corrected chi connectivity index (χ2v) is 8.52. The van der Waals surface area contributed by atoms with E-state index >= 15 is 0 Å². The summed E-state index contributed by atoms with van der Waals surface area (Å²) in [5.74, 6) is -1.57. The molecule has 170 valence electrons. The lowest BCUT2D eigenvalue weighted by Crippen LogP contribution is -2.46. The van der Waals surface area contributed by atoms with Gasteiger partial charge in [0, 0.05) is 11.3 Å². The second kappa shape index (κ2) is 9.83. The number of aromatic nitrogens is 1. The van der Waals surface area contributed by atoms with Crippen molar-refractivity contribution in [2.75, 3.05) is 6.61 Å². The number of carboxylic acid groups (broad SMARTS) is 1. The average Bonchev–Trinajstić information content (AvgIpc) is 3.43. The third-order valence-electron chi connectivity index (χ3n) is 5.55. The van der Waals surface area contributed by atoms with Crippen LogP contribution in [0.25, 0.3) is 11.1 Å². The van der Waals surface area contributed by atoms with E-state index in [0.717, 1.165) is 33.6 Å². The van der Waals surface area contributed by atoms with Crippen LogP contribution in [0.5, 0.6) is 0 Å². The quantitative estimate of drug-likeness (QED) is 0.466. The van der Waals surface area contributed by atoms with E-state index in [-0.39, 0.29) is 24.8 Å². The zero-order valence-electron chi connectivity index (χ0n) is 17.9. The Hall–Kier alpha value is -3.72. The smallest absolute Gasteiger partial charge is 0.407 e. The van der Waals surface area contributed by atoms with Gasteiger partial charge in [0.2, 0.25) is 5.91 Å². The molecule has 9 heteroatoms. The first-order valence-electron chi connectivity index (χ1n) is 10.5. The Bertz CT molecular complexity index is 1150. The molecular formula is C24H23N3O5S. The molecule has 33 heavy (non-hydrogen) atoms. The Morgan fingerprint density at radius 1 is 1.09 bits per heavy atom. The Morgan fingerprint density at radius 3 is 2.30 bits per heavy atom. The Labute approximate surface area is 194 Å². The number of hydrogen-bond donors (Lipinski definition) is 3. The van der Waals surface area contributed by atoms with E-state index in [1.165, 1.54) is 5.38 Å². The number of nitrogens with one attached hydrogen (secondary N) is 2. The van der Waals surface area contributed by atoms with E-state index < -0.39 is 24.0 Å². The maximum atomic E-state index is 12.5. The molecule has 0 spiro atoms. The summed E-state index contributed by atoms with van der Waals surface area (Å²) in [5, 5.41) is 16.1. The number of carbonyl (C=O) groups is 3.